The number of sulfonamides is 1. The maximum atomic E-state index is 13.8. The summed E-state index contributed by atoms with van der Waals surface area (Å²) in [5.41, 5.74) is 1.91. The van der Waals surface area contributed by atoms with Gasteiger partial charge in [0, 0.05) is 22.6 Å². The summed E-state index contributed by atoms with van der Waals surface area (Å²) in [6.07, 6.45) is 6.14. The molecule has 7 nitrogen and oxygen atoms in total. The number of nitrogens with one attached hydrogen (secondary N) is 1. The van der Waals surface area contributed by atoms with Gasteiger partial charge >= 0.3 is 0 Å². The van der Waals surface area contributed by atoms with Crippen molar-refractivity contribution in [2.24, 2.45) is 0 Å². The van der Waals surface area contributed by atoms with Crippen molar-refractivity contribution in [1.29, 1.82) is 0 Å². The Kier molecular flexibility index (Phi) is 10.3. The number of rotatable bonds is 9. The average Bonchev–Trinajstić information content (AvgIpc) is 2.86. The number of anilines is 1. The summed E-state index contributed by atoms with van der Waals surface area (Å²) in [6, 6.07) is 11.3. The van der Waals surface area contributed by atoms with Crippen LogP contribution in [0.2, 0.25) is 10.0 Å². The van der Waals surface area contributed by atoms with E-state index in [9.17, 15) is 18.0 Å². The van der Waals surface area contributed by atoms with Gasteiger partial charge in [0.05, 0.1) is 11.9 Å². The lowest BCUT2D eigenvalue weighted by atomic mass is 9.87. The highest BCUT2D eigenvalue weighted by atomic mass is 35.5. The second-order valence-corrected chi connectivity index (χ2v) is 14.1. The zero-order valence-corrected chi connectivity index (χ0v) is 25.7. The van der Waals surface area contributed by atoms with Crippen LogP contribution in [0.5, 0.6) is 0 Å². The molecule has 0 radical (unpaired) electrons. The van der Waals surface area contributed by atoms with Crippen molar-refractivity contribution < 1.29 is 18.0 Å². The number of hydrogen-bond acceptors (Lipinski definition) is 4. The predicted molar refractivity (Wildman–Crippen MR) is 159 cm³/mol. The lowest BCUT2D eigenvalue weighted by Crippen LogP contribution is -2.53. The van der Waals surface area contributed by atoms with Crippen LogP contribution in [0.4, 0.5) is 5.69 Å². The zero-order chi connectivity index (χ0) is 29.0. The Bertz CT molecular complexity index is 1270. The molecule has 2 amide bonds. The molecule has 0 unspecified atom stereocenters. The molecule has 0 aliphatic heterocycles. The van der Waals surface area contributed by atoms with E-state index < -0.39 is 28.5 Å². The quantitative estimate of drug-likeness (QED) is 0.389. The minimum atomic E-state index is -3.81. The molecule has 1 fully saturated rings. The van der Waals surface area contributed by atoms with Crippen LogP contribution < -0.4 is 9.62 Å². The van der Waals surface area contributed by atoms with Crippen LogP contribution in [-0.4, -0.2) is 50.0 Å². The molecule has 1 aliphatic rings. The van der Waals surface area contributed by atoms with Gasteiger partial charge in [0.1, 0.15) is 12.6 Å². The summed E-state index contributed by atoms with van der Waals surface area (Å²) in [7, 11) is -3.81. The van der Waals surface area contributed by atoms with E-state index in [1.54, 1.807) is 37.3 Å². The lowest BCUT2D eigenvalue weighted by molar-refractivity contribution is -0.139. The number of nitrogens with zero attached hydrogens (tertiary/aromatic N) is 2. The van der Waals surface area contributed by atoms with Gasteiger partial charge in [0.2, 0.25) is 21.8 Å². The summed E-state index contributed by atoms with van der Waals surface area (Å²) >= 11 is 12.5. The van der Waals surface area contributed by atoms with E-state index in [2.05, 4.69) is 26.1 Å². The fourth-order valence-electron chi connectivity index (χ4n) is 4.73. The molecule has 0 aromatic heterocycles. The normalized spacial score (nSPS) is 15.5. The third kappa shape index (κ3) is 8.60. The maximum Gasteiger partial charge on any atom is 0.244 e. The molecule has 214 valence electrons. The molecule has 1 aliphatic carbocycles. The van der Waals surface area contributed by atoms with E-state index in [1.807, 2.05) is 12.1 Å². The highest BCUT2D eigenvalue weighted by molar-refractivity contribution is 7.92. The van der Waals surface area contributed by atoms with E-state index in [0.29, 0.717) is 21.3 Å². The predicted octanol–water partition coefficient (Wildman–Crippen LogP) is 5.92. The third-order valence-corrected chi connectivity index (χ3v) is 8.90. The molecule has 2 aromatic rings. The summed E-state index contributed by atoms with van der Waals surface area (Å²) in [4.78, 5) is 28.5. The number of benzene rings is 2. The largest absolute Gasteiger partial charge is 0.352 e. The Labute approximate surface area is 242 Å². The molecular formula is C29H39Cl2N3O4S. The minimum absolute atomic E-state index is 0.0225. The maximum absolute atomic E-state index is 13.8. The molecule has 1 atom stereocenters. The average molecular weight is 597 g/mol. The Morgan fingerprint density at radius 3 is 2.18 bits per heavy atom. The van der Waals surface area contributed by atoms with Crippen LogP contribution in [0.15, 0.2) is 42.5 Å². The zero-order valence-electron chi connectivity index (χ0n) is 23.3. The molecule has 0 heterocycles. The van der Waals surface area contributed by atoms with Gasteiger partial charge in [-0.15, -0.1) is 0 Å². The number of hydrogen-bond donors (Lipinski definition) is 1. The SMILES string of the molecule is C[C@@H](C(=O)NC1CCCCC1)N(Cc1ccc(Cl)cc1Cl)C(=O)CN(c1ccc(C(C)(C)C)cc1)S(C)(=O)=O. The monoisotopic (exact) mass is 595 g/mol. The van der Waals surface area contributed by atoms with Gasteiger partial charge < -0.3 is 10.2 Å². The van der Waals surface area contributed by atoms with Crippen molar-refractivity contribution in [2.75, 3.05) is 17.1 Å². The Balaban J connectivity index is 1.90. The standard InChI is InChI=1S/C29H39Cl2N3O4S/c1-20(28(36)32-24-9-7-6-8-10-24)33(18-21-11-14-23(30)17-26(21)31)27(35)19-34(39(5,37)38)25-15-12-22(13-16-25)29(2,3)4/h11-17,20,24H,6-10,18-19H2,1-5H3,(H,32,36)/t20-/m0/s1. The first-order valence-corrected chi connectivity index (χ1v) is 15.9. The first-order chi connectivity index (χ1) is 18.2. The molecule has 0 spiro atoms. The van der Waals surface area contributed by atoms with Crippen molar-refractivity contribution in [1.82, 2.24) is 10.2 Å². The number of carbonyl (C=O) groups excluding carboxylic acids is 2. The molecule has 1 N–H and O–H groups in total. The van der Waals surface area contributed by atoms with E-state index in [-0.39, 0.29) is 23.9 Å². The van der Waals surface area contributed by atoms with E-state index in [1.165, 1.54) is 4.90 Å². The first-order valence-electron chi connectivity index (χ1n) is 13.3. The molecule has 39 heavy (non-hydrogen) atoms. The molecule has 0 bridgehead atoms. The van der Waals surface area contributed by atoms with Gasteiger partial charge in [-0.25, -0.2) is 8.42 Å². The van der Waals surface area contributed by atoms with Crippen LogP contribution >= 0.6 is 23.2 Å². The number of amides is 2. The van der Waals surface area contributed by atoms with Gasteiger partial charge in [-0.2, -0.15) is 0 Å². The van der Waals surface area contributed by atoms with Gasteiger partial charge in [-0.3, -0.25) is 13.9 Å². The van der Waals surface area contributed by atoms with E-state index >= 15 is 0 Å². The van der Waals surface area contributed by atoms with Crippen molar-refractivity contribution >= 4 is 50.7 Å². The van der Waals surface area contributed by atoms with E-state index in [4.69, 9.17) is 23.2 Å². The first kappa shape index (κ1) is 31.2. The Morgan fingerprint density at radius 2 is 1.64 bits per heavy atom. The van der Waals surface area contributed by atoms with Crippen molar-refractivity contribution in [2.45, 2.75) is 83.8 Å². The summed E-state index contributed by atoms with van der Waals surface area (Å²) in [5, 5.41) is 3.89. The highest BCUT2D eigenvalue weighted by Gasteiger charge is 2.31. The minimum Gasteiger partial charge on any atom is -0.352 e. The third-order valence-electron chi connectivity index (χ3n) is 7.18. The van der Waals surface area contributed by atoms with Crippen molar-refractivity contribution in [3.63, 3.8) is 0 Å². The molecule has 1 saturated carbocycles. The molecule has 0 saturated heterocycles. The second kappa shape index (κ2) is 12.9. The van der Waals surface area contributed by atoms with Gasteiger partial charge in [0.15, 0.2) is 0 Å². The van der Waals surface area contributed by atoms with Gasteiger partial charge in [-0.1, -0.05) is 81.4 Å². The van der Waals surface area contributed by atoms with Gasteiger partial charge in [0.25, 0.3) is 0 Å². The molecular weight excluding hydrogens is 557 g/mol. The van der Waals surface area contributed by atoms with Crippen molar-refractivity contribution in [3.05, 3.63) is 63.6 Å². The van der Waals surface area contributed by atoms with Crippen LogP contribution in [-0.2, 0) is 31.6 Å². The van der Waals surface area contributed by atoms with Crippen LogP contribution in [0.3, 0.4) is 0 Å². The fraction of sp³-hybridized carbons (Fsp3) is 0.517. The molecule has 2 aromatic carbocycles. The smallest absolute Gasteiger partial charge is 0.244 e. The van der Waals surface area contributed by atoms with E-state index in [0.717, 1.165) is 48.2 Å². The van der Waals surface area contributed by atoms with Crippen molar-refractivity contribution in [3.8, 4) is 0 Å². The van der Waals surface area contributed by atoms with Crippen LogP contribution in [0, 0.1) is 0 Å². The van der Waals surface area contributed by atoms with Crippen LogP contribution in [0.1, 0.15) is 70.9 Å². The highest BCUT2D eigenvalue weighted by Crippen LogP contribution is 2.27. The Hall–Kier alpha value is -2.29. The van der Waals surface area contributed by atoms with Crippen LogP contribution in [0.25, 0.3) is 0 Å². The lowest BCUT2D eigenvalue weighted by Gasteiger charge is -2.33. The second-order valence-electron chi connectivity index (χ2n) is 11.3. The summed E-state index contributed by atoms with van der Waals surface area (Å²) in [6.45, 7) is 7.43. The molecule has 10 heteroatoms. The summed E-state index contributed by atoms with van der Waals surface area (Å²) in [5.74, 6) is -0.793. The number of carbonyl (C=O) groups is 2. The molecule has 3 rings (SSSR count). The van der Waals surface area contributed by atoms with Gasteiger partial charge in [-0.05, 0) is 60.6 Å². The fourth-order valence-corrected chi connectivity index (χ4v) is 6.04. The number of halogens is 2. The topological polar surface area (TPSA) is 86.8 Å². The summed E-state index contributed by atoms with van der Waals surface area (Å²) < 4.78 is 26.7. The Morgan fingerprint density at radius 1 is 1.03 bits per heavy atom.